The molecule has 3 heteroatoms. The van der Waals surface area contributed by atoms with Crippen molar-refractivity contribution in [1.29, 1.82) is 0 Å². The van der Waals surface area contributed by atoms with Crippen LogP contribution < -0.4 is 11.2 Å². The molecule has 108 valence electrons. The summed E-state index contributed by atoms with van der Waals surface area (Å²) in [6.45, 7) is 14.1. The molecule has 20 heavy (non-hydrogen) atoms. The number of nitrogens with two attached hydrogens (primary N) is 1. The molecular weight excluding hydrogens is 245 g/mol. The number of hydrogen-bond donors (Lipinski definition) is 2. The van der Waals surface area contributed by atoms with Gasteiger partial charge in [-0.25, -0.2) is 0 Å². The molecule has 0 amide bonds. The molecule has 1 aromatic carbocycles. The van der Waals surface area contributed by atoms with Crippen LogP contribution in [0.3, 0.4) is 0 Å². The summed E-state index contributed by atoms with van der Waals surface area (Å²) in [5, 5.41) is 10.4. The molecule has 0 fully saturated rings. The van der Waals surface area contributed by atoms with Crippen LogP contribution in [0.5, 0.6) is 5.75 Å². The summed E-state index contributed by atoms with van der Waals surface area (Å²) in [4.78, 5) is 0. The first-order valence-electron chi connectivity index (χ1n) is 7.35. The van der Waals surface area contributed by atoms with Gasteiger partial charge in [0.1, 0.15) is 13.6 Å². The van der Waals surface area contributed by atoms with Gasteiger partial charge in [0, 0.05) is 0 Å². The molecule has 1 aliphatic carbocycles. The van der Waals surface area contributed by atoms with Gasteiger partial charge in [-0.2, -0.15) is 0 Å². The largest absolute Gasteiger partial charge is 0.508 e. The molecule has 2 rings (SSSR count). The summed E-state index contributed by atoms with van der Waals surface area (Å²) in [5.41, 5.74) is 9.36. The lowest BCUT2D eigenvalue weighted by Crippen LogP contribution is -2.43. The van der Waals surface area contributed by atoms with E-state index in [2.05, 4.69) is 47.6 Å². The molecular formula is C17H26BNO. The molecule has 2 nitrogen and oxygen atoms in total. The SMILES string of the molecule is [B]c1c(O)c(CCN)cc2c1C(C)(C)C(C)(C)C2(C)C. The predicted octanol–water partition coefficient (Wildman–Crippen LogP) is 2.28. The zero-order valence-corrected chi connectivity index (χ0v) is 13.6. The molecule has 0 saturated carbocycles. The van der Waals surface area contributed by atoms with Gasteiger partial charge in [0.05, 0.1) is 0 Å². The lowest BCUT2D eigenvalue weighted by Gasteiger charge is -2.44. The minimum Gasteiger partial charge on any atom is -0.508 e. The van der Waals surface area contributed by atoms with Crippen LogP contribution in [0.4, 0.5) is 0 Å². The van der Waals surface area contributed by atoms with Crippen molar-refractivity contribution in [1.82, 2.24) is 0 Å². The Morgan fingerprint density at radius 1 is 1.10 bits per heavy atom. The molecule has 0 heterocycles. The Balaban J connectivity index is 2.83. The minimum absolute atomic E-state index is 0.00297. The van der Waals surface area contributed by atoms with Crippen molar-refractivity contribution in [2.75, 3.05) is 6.54 Å². The Hall–Kier alpha value is -0.955. The van der Waals surface area contributed by atoms with Crippen LogP contribution in [0, 0.1) is 5.41 Å². The maximum Gasteiger partial charge on any atom is 0.119 e. The number of hydrogen-bond acceptors (Lipinski definition) is 2. The van der Waals surface area contributed by atoms with Crippen molar-refractivity contribution >= 4 is 13.3 Å². The second-order valence-corrected chi connectivity index (χ2v) is 7.63. The maximum absolute atomic E-state index is 10.4. The molecule has 0 aliphatic heterocycles. The van der Waals surface area contributed by atoms with Crippen LogP contribution in [0.2, 0.25) is 0 Å². The Morgan fingerprint density at radius 3 is 2.15 bits per heavy atom. The topological polar surface area (TPSA) is 46.2 Å². The van der Waals surface area contributed by atoms with Gasteiger partial charge in [-0.1, -0.05) is 53.1 Å². The Kier molecular flexibility index (Phi) is 3.29. The van der Waals surface area contributed by atoms with Gasteiger partial charge in [-0.05, 0) is 45.9 Å². The van der Waals surface area contributed by atoms with Crippen molar-refractivity contribution in [3.05, 3.63) is 22.8 Å². The fourth-order valence-electron chi connectivity index (χ4n) is 3.69. The van der Waals surface area contributed by atoms with E-state index in [4.69, 9.17) is 13.6 Å². The standard InChI is InChI=1S/C17H26BNO/c1-15(2)11-9-10(7-8-19)14(20)13(18)12(11)16(3,4)17(15,5)6/h9,20H,7-8,19H2,1-6H3. The van der Waals surface area contributed by atoms with E-state index in [0.29, 0.717) is 18.4 Å². The number of benzene rings is 1. The van der Waals surface area contributed by atoms with Crippen LogP contribution >= 0.6 is 0 Å². The van der Waals surface area contributed by atoms with Crippen molar-refractivity contribution in [3.63, 3.8) is 0 Å². The van der Waals surface area contributed by atoms with Gasteiger partial charge in [0.15, 0.2) is 0 Å². The summed E-state index contributed by atoms with van der Waals surface area (Å²) in [6.07, 6.45) is 0.653. The monoisotopic (exact) mass is 271 g/mol. The third kappa shape index (κ3) is 1.62. The maximum atomic E-state index is 10.4. The number of aromatic hydroxyl groups is 1. The molecule has 1 aromatic rings. The molecule has 0 aromatic heterocycles. The summed E-state index contributed by atoms with van der Waals surface area (Å²) >= 11 is 0. The van der Waals surface area contributed by atoms with Gasteiger partial charge in [0.2, 0.25) is 0 Å². The number of phenolic OH excluding ortho intramolecular Hbond substituents is 1. The van der Waals surface area contributed by atoms with E-state index in [9.17, 15) is 5.11 Å². The van der Waals surface area contributed by atoms with Crippen LogP contribution in [0.25, 0.3) is 0 Å². The van der Waals surface area contributed by atoms with Crippen molar-refractivity contribution in [3.8, 4) is 5.75 Å². The number of phenols is 1. The summed E-state index contributed by atoms with van der Waals surface area (Å²) in [7, 11) is 6.29. The van der Waals surface area contributed by atoms with Crippen molar-refractivity contribution in [2.24, 2.45) is 11.1 Å². The van der Waals surface area contributed by atoms with E-state index < -0.39 is 0 Å². The zero-order chi connectivity index (χ0) is 15.5. The molecule has 3 N–H and O–H groups in total. The molecule has 0 atom stereocenters. The van der Waals surface area contributed by atoms with E-state index in [1.165, 1.54) is 5.56 Å². The first-order valence-corrected chi connectivity index (χ1v) is 7.35. The molecule has 0 bridgehead atoms. The fourth-order valence-corrected chi connectivity index (χ4v) is 3.69. The Labute approximate surface area is 124 Å². The quantitative estimate of drug-likeness (QED) is 0.811. The molecule has 0 spiro atoms. The molecule has 0 unspecified atom stereocenters. The summed E-state index contributed by atoms with van der Waals surface area (Å²) in [5.74, 6) is 0.218. The van der Waals surface area contributed by atoms with Crippen molar-refractivity contribution in [2.45, 2.75) is 58.8 Å². The lowest BCUT2D eigenvalue weighted by molar-refractivity contribution is 0.125. The zero-order valence-electron chi connectivity index (χ0n) is 13.6. The van der Waals surface area contributed by atoms with Crippen LogP contribution in [-0.2, 0) is 17.3 Å². The van der Waals surface area contributed by atoms with E-state index in [1.54, 1.807) is 0 Å². The third-order valence-electron chi connectivity index (χ3n) is 6.25. The van der Waals surface area contributed by atoms with Crippen LogP contribution in [-0.4, -0.2) is 19.5 Å². The highest BCUT2D eigenvalue weighted by atomic mass is 16.3. The highest BCUT2D eigenvalue weighted by Crippen LogP contribution is 2.61. The normalized spacial score (nSPS) is 21.8. The fraction of sp³-hybridized carbons (Fsp3) is 0.647. The Bertz CT molecular complexity index is 559. The van der Waals surface area contributed by atoms with Crippen LogP contribution in [0.1, 0.15) is 58.2 Å². The highest BCUT2D eigenvalue weighted by molar-refractivity contribution is 6.36. The molecule has 0 saturated heterocycles. The van der Waals surface area contributed by atoms with Crippen LogP contribution in [0.15, 0.2) is 6.07 Å². The van der Waals surface area contributed by atoms with Gasteiger partial charge in [0.25, 0.3) is 0 Å². The first kappa shape index (κ1) is 15.4. The second kappa shape index (κ2) is 4.27. The predicted molar refractivity (Wildman–Crippen MR) is 86.1 cm³/mol. The highest BCUT2D eigenvalue weighted by Gasteiger charge is 2.57. The lowest BCUT2D eigenvalue weighted by atomic mass is 9.59. The average Bonchev–Trinajstić information content (AvgIpc) is 2.42. The van der Waals surface area contributed by atoms with E-state index in [0.717, 1.165) is 11.1 Å². The molecule has 1 aliphatic rings. The van der Waals surface area contributed by atoms with E-state index in [1.807, 2.05) is 0 Å². The number of fused-ring (bicyclic) bond motifs is 1. The van der Waals surface area contributed by atoms with Gasteiger partial charge >= 0.3 is 0 Å². The van der Waals surface area contributed by atoms with Crippen molar-refractivity contribution < 1.29 is 5.11 Å². The van der Waals surface area contributed by atoms with Gasteiger partial charge in [-0.15, -0.1) is 0 Å². The summed E-state index contributed by atoms with van der Waals surface area (Å²) in [6, 6.07) is 2.12. The Morgan fingerprint density at radius 2 is 1.65 bits per heavy atom. The first-order chi connectivity index (χ1) is 9.00. The molecule has 2 radical (unpaired) electrons. The van der Waals surface area contributed by atoms with E-state index in [-0.39, 0.29) is 22.0 Å². The second-order valence-electron chi connectivity index (χ2n) is 7.63. The van der Waals surface area contributed by atoms with Gasteiger partial charge < -0.3 is 10.8 Å². The minimum atomic E-state index is -0.0886. The third-order valence-corrected chi connectivity index (χ3v) is 6.25. The summed E-state index contributed by atoms with van der Waals surface area (Å²) < 4.78 is 0. The smallest absolute Gasteiger partial charge is 0.119 e. The average molecular weight is 271 g/mol. The van der Waals surface area contributed by atoms with Gasteiger partial charge in [-0.3, -0.25) is 0 Å². The van der Waals surface area contributed by atoms with E-state index >= 15 is 0 Å². The number of rotatable bonds is 2.